The summed E-state index contributed by atoms with van der Waals surface area (Å²) in [5, 5.41) is 12.9. The van der Waals surface area contributed by atoms with E-state index in [0.29, 0.717) is 17.2 Å². The molecule has 1 N–H and O–H groups in total. The van der Waals surface area contributed by atoms with Crippen molar-refractivity contribution >= 4 is 22.3 Å². The highest BCUT2D eigenvalue weighted by Gasteiger charge is 2.25. The highest BCUT2D eigenvalue weighted by Crippen LogP contribution is 2.21. The lowest BCUT2D eigenvalue weighted by molar-refractivity contribution is -0.138. The summed E-state index contributed by atoms with van der Waals surface area (Å²) in [7, 11) is 0. The van der Waals surface area contributed by atoms with Crippen molar-refractivity contribution in [1.29, 1.82) is 0 Å². The van der Waals surface area contributed by atoms with Crippen LogP contribution in [-0.2, 0) is 11.3 Å². The van der Waals surface area contributed by atoms with Crippen LogP contribution < -0.4 is 5.56 Å². The summed E-state index contributed by atoms with van der Waals surface area (Å²) in [5.41, 5.74) is 2.08. The van der Waals surface area contributed by atoms with Gasteiger partial charge >= 0.3 is 5.97 Å². The molecular weight excluding hydrogens is 292 g/mol. The molecular formula is C13H16N4O3S. The summed E-state index contributed by atoms with van der Waals surface area (Å²) in [5.74, 6) is -0.780. The maximum atomic E-state index is 11.9. The normalized spacial score (nSPS) is 19.9. The second-order valence-corrected chi connectivity index (χ2v) is 6.05. The first-order valence-corrected chi connectivity index (χ1v) is 7.80. The summed E-state index contributed by atoms with van der Waals surface area (Å²) in [6.45, 7) is 1.36. The SMILES string of the molecule is O=C(O)CC1CCCCN1Cc1cc(=O)n2ncsc2n1. The van der Waals surface area contributed by atoms with Crippen molar-refractivity contribution in [1.82, 2.24) is 19.5 Å². The molecule has 0 spiro atoms. The molecule has 1 aliphatic rings. The van der Waals surface area contributed by atoms with Crippen LogP contribution in [-0.4, -0.2) is 43.2 Å². The third-order valence-electron chi connectivity index (χ3n) is 3.76. The van der Waals surface area contributed by atoms with Gasteiger partial charge in [-0.3, -0.25) is 14.5 Å². The van der Waals surface area contributed by atoms with Gasteiger partial charge in [0.2, 0.25) is 4.96 Å². The molecule has 1 fully saturated rings. The number of piperidine rings is 1. The summed E-state index contributed by atoms with van der Waals surface area (Å²) >= 11 is 1.32. The Bertz CT molecular complexity index is 711. The standard InChI is InChI=1S/C13H16N4O3S/c18-11-5-9(15-13-17(11)14-8-21-13)7-16-4-2-1-3-10(16)6-12(19)20/h5,8,10H,1-4,6-7H2,(H,19,20). The van der Waals surface area contributed by atoms with Crippen molar-refractivity contribution < 1.29 is 9.90 Å². The Labute approximate surface area is 124 Å². The molecule has 1 atom stereocenters. The van der Waals surface area contributed by atoms with Crippen LogP contribution in [0.4, 0.5) is 0 Å². The number of hydrogen-bond donors (Lipinski definition) is 1. The number of carboxylic acid groups (broad SMARTS) is 1. The van der Waals surface area contributed by atoms with Crippen molar-refractivity contribution in [3.63, 3.8) is 0 Å². The third-order valence-corrected chi connectivity index (χ3v) is 4.44. The van der Waals surface area contributed by atoms with E-state index in [1.807, 2.05) is 0 Å². The van der Waals surface area contributed by atoms with E-state index in [4.69, 9.17) is 5.11 Å². The molecule has 0 saturated carbocycles. The molecule has 8 heteroatoms. The van der Waals surface area contributed by atoms with E-state index in [1.54, 1.807) is 5.51 Å². The monoisotopic (exact) mass is 308 g/mol. The molecule has 1 saturated heterocycles. The number of aromatic nitrogens is 3. The van der Waals surface area contributed by atoms with Gasteiger partial charge in [-0.1, -0.05) is 17.8 Å². The Morgan fingerprint density at radius 3 is 3.14 bits per heavy atom. The van der Waals surface area contributed by atoms with Crippen LogP contribution in [0.1, 0.15) is 31.4 Å². The molecule has 21 heavy (non-hydrogen) atoms. The van der Waals surface area contributed by atoms with Crippen LogP contribution >= 0.6 is 11.3 Å². The molecule has 2 aromatic heterocycles. The minimum atomic E-state index is -0.780. The average molecular weight is 308 g/mol. The van der Waals surface area contributed by atoms with E-state index < -0.39 is 5.97 Å². The van der Waals surface area contributed by atoms with Crippen molar-refractivity contribution in [2.75, 3.05) is 6.54 Å². The van der Waals surface area contributed by atoms with Crippen LogP contribution in [0.25, 0.3) is 4.96 Å². The molecule has 3 rings (SSSR count). The first kappa shape index (κ1) is 14.2. The summed E-state index contributed by atoms with van der Waals surface area (Å²) in [6, 6.07) is 1.51. The predicted molar refractivity (Wildman–Crippen MR) is 77.4 cm³/mol. The zero-order chi connectivity index (χ0) is 14.8. The van der Waals surface area contributed by atoms with Gasteiger partial charge in [0, 0.05) is 18.7 Å². The fourth-order valence-electron chi connectivity index (χ4n) is 2.79. The van der Waals surface area contributed by atoms with Crippen LogP contribution in [0.5, 0.6) is 0 Å². The number of aliphatic carboxylic acids is 1. The number of rotatable bonds is 4. The topological polar surface area (TPSA) is 87.8 Å². The van der Waals surface area contributed by atoms with Gasteiger partial charge in [0.1, 0.15) is 5.51 Å². The largest absolute Gasteiger partial charge is 0.481 e. The molecule has 7 nitrogen and oxygen atoms in total. The highest BCUT2D eigenvalue weighted by molar-refractivity contribution is 7.14. The molecule has 3 heterocycles. The van der Waals surface area contributed by atoms with E-state index in [0.717, 1.165) is 25.8 Å². The smallest absolute Gasteiger partial charge is 0.304 e. The van der Waals surface area contributed by atoms with E-state index in [2.05, 4.69) is 15.0 Å². The maximum Gasteiger partial charge on any atom is 0.304 e. The van der Waals surface area contributed by atoms with Gasteiger partial charge in [-0.2, -0.15) is 9.61 Å². The maximum absolute atomic E-state index is 11.9. The molecule has 0 radical (unpaired) electrons. The third kappa shape index (κ3) is 3.11. The van der Waals surface area contributed by atoms with Crippen molar-refractivity contribution in [3.8, 4) is 0 Å². The predicted octanol–water partition coefficient (Wildman–Crippen LogP) is 0.980. The molecule has 0 amide bonds. The van der Waals surface area contributed by atoms with Gasteiger partial charge in [0.05, 0.1) is 12.1 Å². The molecule has 0 aliphatic carbocycles. The van der Waals surface area contributed by atoms with E-state index in [-0.39, 0.29) is 18.0 Å². The number of nitrogens with zero attached hydrogens (tertiary/aromatic N) is 4. The Morgan fingerprint density at radius 2 is 2.33 bits per heavy atom. The van der Waals surface area contributed by atoms with Crippen molar-refractivity contribution in [3.05, 3.63) is 27.6 Å². The number of likely N-dealkylation sites (tertiary alicyclic amines) is 1. The second-order valence-electron chi connectivity index (χ2n) is 5.24. The zero-order valence-electron chi connectivity index (χ0n) is 11.4. The van der Waals surface area contributed by atoms with Gasteiger partial charge in [-0.25, -0.2) is 4.98 Å². The Kier molecular flexibility index (Phi) is 3.98. The number of carbonyl (C=O) groups is 1. The molecule has 2 aromatic rings. The highest BCUT2D eigenvalue weighted by atomic mass is 32.1. The van der Waals surface area contributed by atoms with Gasteiger partial charge in [0.15, 0.2) is 0 Å². The van der Waals surface area contributed by atoms with Gasteiger partial charge in [-0.15, -0.1) is 0 Å². The van der Waals surface area contributed by atoms with Crippen LogP contribution in [0.3, 0.4) is 0 Å². The summed E-state index contributed by atoms with van der Waals surface area (Å²) in [6.07, 6.45) is 3.13. The molecule has 1 aliphatic heterocycles. The minimum Gasteiger partial charge on any atom is -0.481 e. The molecule has 0 bridgehead atoms. The van der Waals surface area contributed by atoms with Crippen molar-refractivity contribution in [2.45, 2.75) is 38.3 Å². The number of hydrogen-bond acceptors (Lipinski definition) is 6. The minimum absolute atomic E-state index is 0.0259. The van der Waals surface area contributed by atoms with Crippen LogP contribution in [0, 0.1) is 0 Å². The van der Waals surface area contributed by atoms with E-state index in [9.17, 15) is 9.59 Å². The summed E-state index contributed by atoms with van der Waals surface area (Å²) in [4.78, 5) is 30.0. The molecule has 0 aromatic carbocycles. The average Bonchev–Trinajstić information content (AvgIpc) is 2.89. The molecule has 112 valence electrons. The lowest BCUT2D eigenvalue weighted by atomic mass is 9.99. The van der Waals surface area contributed by atoms with Crippen LogP contribution in [0.2, 0.25) is 0 Å². The van der Waals surface area contributed by atoms with Gasteiger partial charge < -0.3 is 5.11 Å². The van der Waals surface area contributed by atoms with Gasteiger partial charge in [-0.05, 0) is 19.4 Å². The Balaban J connectivity index is 1.82. The van der Waals surface area contributed by atoms with E-state index in [1.165, 1.54) is 21.9 Å². The lowest BCUT2D eigenvalue weighted by Crippen LogP contribution is -2.40. The fourth-order valence-corrected chi connectivity index (χ4v) is 3.43. The van der Waals surface area contributed by atoms with Crippen LogP contribution in [0.15, 0.2) is 16.4 Å². The Morgan fingerprint density at radius 1 is 1.48 bits per heavy atom. The van der Waals surface area contributed by atoms with Gasteiger partial charge in [0.25, 0.3) is 5.56 Å². The lowest BCUT2D eigenvalue weighted by Gasteiger charge is -2.34. The number of carboxylic acids is 1. The summed E-state index contributed by atoms with van der Waals surface area (Å²) < 4.78 is 1.28. The van der Waals surface area contributed by atoms with Crippen molar-refractivity contribution in [2.24, 2.45) is 0 Å². The molecule has 1 unspecified atom stereocenters. The second kappa shape index (κ2) is 5.90. The Hall–Kier alpha value is -1.80. The fraction of sp³-hybridized carbons (Fsp3) is 0.538. The quantitative estimate of drug-likeness (QED) is 0.906. The number of fused-ring (bicyclic) bond motifs is 1. The first-order valence-electron chi connectivity index (χ1n) is 6.92. The van der Waals surface area contributed by atoms with E-state index >= 15 is 0 Å². The zero-order valence-corrected chi connectivity index (χ0v) is 12.3. The first-order chi connectivity index (χ1) is 10.1.